The van der Waals surface area contributed by atoms with Crippen LogP contribution in [-0.2, 0) is 9.84 Å². The van der Waals surface area contributed by atoms with Crippen molar-refractivity contribution in [1.82, 2.24) is 20.1 Å². The summed E-state index contributed by atoms with van der Waals surface area (Å²) in [5.74, 6) is 1.42. The third-order valence-corrected chi connectivity index (χ3v) is 8.10. The van der Waals surface area contributed by atoms with Gasteiger partial charge >= 0.3 is 6.01 Å². The van der Waals surface area contributed by atoms with Gasteiger partial charge in [-0.2, -0.15) is 4.98 Å². The maximum Gasteiger partial charge on any atom is 0.324 e. The molecule has 0 N–H and O–H groups in total. The van der Waals surface area contributed by atoms with E-state index in [4.69, 9.17) is 14.2 Å². The fourth-order valence-electron chi connectivity index (χ4n) is 3.96. The molecular weight excluding hydrogens is 486 g/mol. The van der Waals surface area contributed by atoms with Gasteiger partial charge in [0.1, 0.15) is 10.3 Å². The SMILES string of the molecule is CC(C)c1noc(N2CCC(COc3nc4ccc(-c5ccc(S(C)(=O)=O)cc5)nc4s3)CC2)n1. The molecule has 0 saturated carbocycles. The number of nitrogens with zero attached hydrogens (tertiary/aromatic N) is 5. The molecule has 0 spiro atoms. The lowest BCUT2D eigenvalue weighted by atomic mass is 9.98. The Morgan fingerprint density at radius 2 is 1.83 bits per heavy atom. The van der Waals surface area contributed by atoms with Gasteiger partial charge in [0.25, 0.3) is 5.19 Å². The van der Waals surface area contributed by atoms with Crippen molar-refractivity contribution in [2.24, 2.45) is 5.92 Å². The Labute approximate surface area is 208 Å². The largest absolute Gasteiger partial charge is 0.470 e. The second-order valence-electron chi connectivity index (χ2n) is 9.13. The Morgan fingerprint density at radius 3 is 2.49 bits per heavy atom. The summed E-state index contributed by atoms with van der Waals surface area (Å²) in [7, 11) is -3.23. The first kappa shape index (κ1) is 23.7. The highest BCUT2D eigenvalue weighted by atomic mass is 32.2. The number of thiazole rings is 1. The molecule has 0 radical (unpaired) electrons. The van der Waals surface area contributed by atoms with Gasteiger partial charge in [-0.05, 0) is 43.0 Å². The molecular formula is C24H27N5O4S2. The minimum absolute atomic E-state index is 0.248. The molecule has 35 heavy (non-hydrogen) atoms. The molecule has 3 aromatic heterocycles. The van der Waals surface area contributed by atoms with Crippen LogP contribution in [-0.4, -0.2) is 54.5 Å². The average Bonchev–Trinajstić information content (AvgIpc) is 3.49. The second kappa shape index (κ2) is 9.54. The van der Waals surface area contributed by atoms with Crippen molar-refractivity contribution in [2.45, 2.75) is 37.5 Å². The normalized spacial score (nSPS) is 15.3. The predicted molar refractivity (Wildman–Crippen MR) is 135 cm³/mol. The highest BCUT2D eigenvalue weighted by Crippen LogP contribution is 2.31. The van der Waals surface area contributed by atoms with E-state index in [9.17, 15) is 8.42 Å². The van der Waals surface area contributed by atoms with Gasteiger partial charge < -0.3 is 14.2 Å². The van der Waals surface area contributed by atoms with Crippen LogP contribution in [0, 0.1) is 5.92 Å². The van der Waals surface area contributed by atoms with Crippen LogP contribution in [0.1, 0.15) is 38.4 Å². The molecule has 1 aromatic carbocycles. The van der Waals surface area contributed by atoms with Crippen molar-refractivity contribution in [3.8, 4) is 16.5 Å². The van der Waals surface area contributed by atoms with Crippen LogP contribution in [0.15, 0.2) is 45.8 Å². The van der Waals surface area contributed by atoms with E-state index in [1.54, 1.807) is 24.3 Å². The van der Waals surface area contributed by atoms with Crippen molar-refractivity contribution in [1.29, 1.82) is 0 Å². The summed E-state index contributed by atoms with van der Waals surface area (Å²) in [6, 6.07) is 11.2. The van der Waals surface area contributed by atoms with Crippen molar-refractivity contribution in [2.75, 3.05) is 30.9 Å². The topological polar surface area (TPSA) is 111 Å². The third-order valence-electron chi connectivity index (χ3n) is 6.09. The van der Waals surface area contributed by atoms with E-state index in [0.717, 1.165) is 53.4 Å². The Bertz CT molecular complexity index is 1420. The van der Waals surface area contributed by atoms with Gasteiger partial charge in [-0.25, -0.2) is 18.4 Å². The Balaban J connectivity index is 1.19. The minimum atomic E-state index is -3.23. The molecule has 11 heteroatoms. The molecule has 0 bridgehead atoms. The minimum Gasteiger partial charge on any atom is -0.470 e. The number of fused-ring (bicyclic) bond motifs is 1. The quantitative estimate of drug-likeness (QED) is 0.351. The molecule has 184 valence electrons. The second-order valence-corrected chi connectivity index (χ2v) is 12.1. The molecule has 0 aliphatic carbocycles. The average molecular weight is 514 g/mol. The number of ether oxygens (including phenoxy) is 1. The third kappa shape index (κ3) is 5.30. The van der Waals surface area contributed by atoms with Crippen LogP contribution in [0.2, 0.25) is 0 Å². The van der Waals surface area contributed by atoms with E-state index in [1.807, 2.05) is 12.1 Å². The summed E-state index contributed by atoms with van der Waals surface area (Å²) >= 11 is 1.42. The van der Waals surface area contributed by atoms with Crippen molar-refractivity contribution < 1.29 is 17.7 Å². The van der Waals surface area contributed by atoms with E-state index in [2.05, 4.69) is 33.9 Å². The fraction of sp³-hybridized carbons (Fsp3) is 0.417. The zero-order chi connectivity index (χ0) is 24.6. The fourth-order valence-corrected chi connectivity index (χ4v) is 5.39. The predicted octanol–water partition coefficient (Wildman–Crippen LogP) is 4.56. The van der Waals surface area contributed by atoms with E-state index in [0.29, 0.717) is 28.6 Å². The monoisotopic (exact) mass is 513 g/mol. The van der Waals surface area contributed by atoms with E-state index >= 15 is 0 Å². The highest BCUT2D eigenvalue weighted by molar-refractivity contribution is 7.90. The number of aromatic nitrogens is 4. The molecule has 0 atom stereocenters. The summed E-state index contributed by atoms with van der Waals surface area (Å²) in [6.07, 6.45) is 3.16. The van der Waals surface area contributed by atoms with Gasteiger partial charge in [-0.1, -0.05) is 42.5 Å². The maximum atomic E-state index is 11.7. The van der Waals surface area contributed by atoms with Crippen LogP contribution in [0.25, 0.3) is 21.6 Å². The highest BCUT2D eigenvalue weighted by Gasteiger charge is 2.24. The summed E-state index contributed by atoms with van der Waals surface area (Å²) in [5, 5.41) is 4.67. The number of anilines is 1. The van der Waals surface area contributed by atoms with Gasteiger partial charge in [0, 0.05) is 30.8 Å². The van der Waals surface area contributed by atoms with Crippen molar-refractivity contribution >= 4 is 37.5 Å². The Morgan fingerprint density at radius 1 is 1.09 bits per heavy atom. The lowest BCUT2D eigenvalue weighted by Crippen LogP contribution is -2.35. The molecule has 1 aliphatic rings. The Kier molecular flexibility index (Phi) is 6.45. The number of hydrogen-bond acceptors (Lipinski definition) is 10. The molecule has 0 amide bonds. The molecule has 1 saturated heterocycles. The van der Waals surface area contributed by atoms with E-state index < -0.39 is 9.84 Å². The van der Waals surface area contributed by atoms with Gasteiger partial charge in [0.15, 0.2) is 15.7 Å². The number of hydrogen-bond donors (Lipinski definition) is 0. The van der Waals surface area contributed by atoms with E-state index in [-0.39, 0.29) is 5.92 Å². The summed E-state index contributed by atoms with van der Waals surface area (Å²) in [4.78, 5) is 17.0. The number of rotatable bonds is 7. The lowest BCUT2D eigenvalue weighted by molar-refractivity contribution is 0.219. The summed E-state index contributed by atoms with van der Waals surface area (Å²) in [5.41, 5.74) is 2.40. The molecule has 1 fully saturated rings. The lowest BCUT2D eigenvalue weighted by Gasteiger charge is -2.30. The molecule has 4 aromatic rings. The Hall–Kier alpha value is -3.05. The first-order chi connectivity index (χ1) is 16.8. The van der Waals surface area contributed by atoms with Crippen molar-refractivity contribution in [3.63, 3.8) is 0 Å². The first-order valence-electron chi connectivity index (χ1n) is 11.6. The summed E-state index contributed by atoms with van der Waals surface area (Å²) in [6.45, 7) is 6.42. The molecule has 5 rings (SSSR count). The molecule has 4 heterocycles. The van der Waals surface area contributed by atoms with Gasteiger partial charge in [-0.15, -0.1) is 0 Å². The van der Waals surface area contributed by atoms with Crippen LogP contribution < -0.4 is 9.64 Å². The smallest absolute Gasteiger partial charge is 0.324 e. The van der Waals surface area contributed by atoms with Crippen LogP contribution in [0.3, 0.4) is 0 Å². The number of benzene rings is 1. The molecule has 1 aliphatic heterocycles. The van der Waals surface area contributed by atoms with Gasteiger partial charge in [-0.3, -0.25) is 0 Å². The maximum absolute atomic E-state index is 11.7. The van der Waals surface area contributed by atoms with Crippen molar-refractivity contribution in [3.05, 3.63) is 42.2 Å². The molecule has 0 unspecified atom stereocenters. The van der Waals surface area contributed by atoms with Crippen LogP contribution in [0.4, 0.5) is 6.01 Å². The summed E-state index contributed by atoms with van der Waals surface area (Å²) < 4.78 is 34.8. The number of sulfone groups is 1. The van der Waals surface area contributed by atoms with E-state index in [1.165, 1.54) is 17.6 Å². The number of pyridine rings is 1. The zero-order valence-electron chi connectivity index (χ0n) is 19.8. The van der Waals surface area contributed by atoms with Crippen LogP contribution >= 0.6 is 11.3 Å². The van der Waals surface area contributed by atoms with Crippen LogP contribution in [0.5, 0.6) is 5.19 Å². The van der Waals surface area contributed by atoms with Gasteiger partial charge in [0.2, 0.25) is 0 Å². The number of piperidine rings is 1. The van der Waals surface area contributed by atoms with Gasteiger partial charge in [0.05, 0.1) is 17.2 Å². The zero-order valence-corrected chi connectivity index (χ0v) is 21.5. The standard InChI is InChI=1S/C24H27N5O4S2/c1-15(2)21-27-23(33-28-21)29-12-10-16(11-13-29)14-32-24-26-20-9-8-19(25-22(20)34-24)17-4-6-18(7-5-17)35(3,30)31/h4-9,15-16H,10-14H2,1-3H3. The first-order valence-corrected chi connectivity index (χ1v) is 14.3. The molecule has 9 nitrogen and oxygen atoms in total.